The van der Waals surface area contributed by atoms with Crippen molar-refractivity contribution in [3.8, 4) is 40.0 Å². The SMILES string of the molecule is c1ccc(-c2nc3oc4c(-n5c6ccccc6c6ccc(Oc7cccc(-c8ccccn8)c7)cc65)nccc4n3n2)cc1. The topological polar surface area (TPSA) is 83.3 Å². The Morgan fingerprint density at radius 3 is 2.32 bits per heavy atom. The van der Waals surface area contributed by atoms with E-state index < -0.39 is 0 Å². The molecule has 9 aromatic rings. The summed E-state index contributed by atoms with van der Waals surface area (Å²) in [6.07, 6.45) is 3.57. The van der Waals surface area contributed by atoms with Gasteiger partial charge in [0.2, 0.25) is 0 Å². The number of rotatable bonds is 5. The molecule has 0 N–H and O–H groups in total. The third-order valence-electron chi connectivity index (χ3n) is 7.78. The van der Waals surface area contributed by atoms with Gasteiger partial charge in [-0.25, -0.2) is 4.98 Å². The number of pyridine rings is 2. The Morgan fingerprint density at radius 2 is 1.41 bits per heavy atom. The zero-order valence-electron chi connectivity index (χ0n) is 23.2. The van der Waals surface area contributed by atoms with E-state index in [1.807, 2.05) is 103 Å². The molecule has 0 aliphatic rings. The van der Waals surface area contributed by atoms with Gasteiger partial charge >= 0.3 is 5.84 Å². The second-order valence-electron chi connectivity index (χ2n) is 10.5. The smallest absolute Gasteiger partial charge is 0.326 e. The van der Waals surface area contributed by atoms with Gasteiger partial charge in [-0.1, -0.05) is 66.7 Å². The molecule has 0 saturated carbocycles. The number of para-hydroxylation sites is 1. The van der Waals surface area contributed by atoms with Gasteiger partial charge in [0.1, 0.15) is 17.0 Å². The first-order chi connectivity index (χ1) is 21.8. The van der Waals surface area contributed by atoms with Crippen LogP contribution < -0.4 is 4.74 Å². The molecule has 0 atom stereocenters. The van der Waals surface area contributed by atoms with Gasteiger partial charge in [-0.2, -0.15) is 9.50 Å². The molecule has 5 aromatic heterocycles. The van der Waals surface area contributed by atoms with Crippen LogP contribution in [0.2, 0.25) is 0 Å². The lowest BCUT2D eigenvalue weighted by Gasteiger charge is -2.10. The van der Waals surface area contributed by atoms with Crippen molar-refractivity contribution in [2.75, 3.05) is 0 Å². The van der Waals surface area contributed by atoms with Gasteiger partial charge in [0, 0.05) is 40.4 Å². The largest absolute Gasteiger partial charge is 0.457 e. The molecule has 8 heteroatoms. The first kappa shape index (κ1) is 24.3. The van der Waals surface area contributed by atoms with Crippen LogP contribution in [-0.2, 0) is 0 Å². The van der Waals surface area contributed by atoms with Gasteiger partial charge < -0.3 is 9.15 Å². The van der Waals surface area contributed by atoms with Crippen molar-refractivity contribution in [3.05, 3.63) is 134 Å². The lowest BCUT2D eigenvalue weighted by molar-refractivity contribution is 0.483. The van der Waals surface area contributed by atoms with Crippen LogP contribution in [0.1, 0.15) is 0 Å². The molecule has 0 bridgehead atoms. The van der Waals surface area contributed by atoms with E-state index in [1.165, 1.54) is 0 Å². The summed E-state index contributed by atoms with van der Waals surface area (Å²) in [7, 11) is 0. The minimum atomic E-state index is 0.408. The molecule has 0 amide bonds. The summed E-state index contributed by atoms with van der Waals surface area (Å²) in [6.45, 7) is 0. The van der Waals surface area contributed by atoms with E-state index in [1.54, 1.807) is 16.9 Å². The Hall–Kier alpha value is -6.28. The Balaban J connectivity index is 1.19. The van der Waals surface area contributed by atoms with Gasteiger partial charge in [-0.05, 0) is 48.5 Å². The molecule has 44 heavy (non-hydrogen) atoms. The highest BCUT2D eigenvalue weighted by molar-refractivity contribution is 6.10. The van der Waals surface area contributed by atoms with Crippen molar-refractivity contribution in [2.45, 2.75) is 0 Å². The standard InChI is InChI=1S/C36H22N6O2/c1-2-9-23(10-3-1)34-39-36-42(40-34)31-18-20-38-35(33(31)44-36)41-30-15-5-4-13-27(30)28-17-16-26(22-32(28)41)43-25-12-8-11-24(21-25)29-14-6-7-19-37-29/h1-22H. The van der Waals surface area contributed by atoms with E-state index in [0.717, 1.165) is 49.9 Å². The predicted octanol–water partition coefficient (Wildman–Crippen LogP) is 8.49. The number of aromatic nitrogens is 6. The second kappa shape index (κ2) is 9.64. The van der Waals surface area contributed by atoms with Crippen molar-refractivity contribution in [1.29, 1.82) is 0 Å². The van der Waals surface area contributed by atoms with Crippen LogP contribution >= 0.6 is 0 Å². The average molecular weight is 571 g/mol. The first-order valence-electron chi connectivity index (χ1n) is 14.2. The van der Waals surface area contributed by atoms with Crippen LogP contribution in [0.15, 0.2) is 138 Å². The van der Waals surface area contributed by atoms with E-state index in [4.69, 9.17) is 19.2 Å². The molecule has 0 radical (unpaired) electrons. The van der Waals surface area contributed by atoms with Crippen LogP contribution in [0, 0.1) is 0 Å². The number of hydrogen-bond acceptors (Lipinski definition) is 6. The summed E-state index contributed by atoms with van der Waals surface area (Å²) in [4.78, 5) is 14.0. The van der Waals surface area contributed by atoms with E-state index in [0.29, 0.717) is 28.8 Å². The highest BCUT2D eigenvalue weighted by atomic mass is 16.5. The maximum atomic E-state index is 6.40. The van der Waals surface area contributed by atoms with Gasteiger partial charge in [0.15, 0.2) is 17.2 Å². The summed E-state index contributed by atoms with van der Waals surface area (Å²) in [6, 6.07) is 40.0. The monoisotopic (exact) mass is 570 g/mol. The molecule has 0 fully saturated rings. The molecule has 0 aliphatic carbocycles. The summed E-state index contributed by atoms with van der Waals surface area (Å²) in [5.41, 5.74) is 6.13. The average Bonchev–Trinajstić information content (AvgIpc) is 3.75. The predicted molar refractivity (Wildman–Crippen MR) is 170 cm³/mol. The van der Waals surface area contributed by atoms with Crippen LogP contribution in [0.5, 0.6) is 11.5 Å². The fraction of sp³-hybridized carbons (Fsp3) is 0. The lowest BCUT2D eigenvalue weighted by Crippen LogP contribution is -1.98. The van der Waals surface area contributed by atoms with E-state index in [2.05, 4.69) is 32.7 Å². The second-order valence-corrected chi connectivity index (χ2v) is 10.5. The maximum absolute atomic E-state index is 6.40. The van der Waals surface area contributed by atoms with Gasteiger partial charge in [0.05, 0.1) is 16.7 Å². The van der Waals surface area contributed by atoms with Crippen molar-refractivity contribution < 1.29 is 9.15 Å². The van der Waals surface area contributed by atoms with Gasteiger partial charge in [-0.3, -0.25) is 9.55 Å². The number of oxazole rings is 1. The van der Waals surface area contributed by atoms with Crippen LogP contribution in [0.3, 0.4) is 0 Å². The van der Waals surface area contributed by atoms with Gasteiger partial charge in [-0.15, -0.1) is 5.10 Å². The number of nitrogens with zero attached hydrogens (tertiary/aromatic N) is 6. The van der Waals surface area contributed by atoms with E-state index in [9.17, 15) is 0 Å². The van der Waals surface area contributed by atoms with Crippen LogP contribution in [0.4, 0.5) is 0 Å². The summed E-state index contributed by atoms with van der Waals surface area (Å²) in [5, 5.41) is 6.94. The molecule has 0 saturated heterocycles. The van der Waals surface area contributed by atoms with Crippen LogP contribution in [-0.4, -0.2) is 29.1 Å². The maximum Gasteiger partial charge on any atom is 0.326 e. The summed E-state index contributed by atoms with van der Waals surface area (Å²) in [5.74, 6) is 3.09. The Bertz CT molecular complexity index is 2480. The highest BCUT2D eigenvalue weighted by Gasteiger charge is 2.21. The normalized spacial score (nSPS) is 11.6. The lowest BCUT2D eigenvalue weighted by atomic mass is 10.1. The molecule has 0 spiro atoms. The molecule has 0 unspecified atom stereocenters. The minimum absolute atomic E-state index is 0.408. The molecule has 5 heterocycles. The Morgan fingerprint density at radius 1 is 0.591 bits per heavy atom. The fourth-order valence-corrected chi connectivity index (χ4v) is 5.80. The Kier molecular flexibility index (Phi) is 5.33. The molecular formula is C36H22N6O2. The number of benzene rings is 4. The molecular weight excluding hydrogens is 548 g/mol. The first-order valence-corrected chi connectivity index (χ1v) is 14.2. The summed E-state index contributed by atoms with van der Waals surface area (Å²) >= 11 is 0. The van der Waals surface area contributed by atoms with Crippen molar-refractivity contribution in [2.24, 2.45) is 0 Å². The Labute approximate surface area is 250 Å². The zero-order valence-corrected chi connectivity index (χ0v) is 23.2. The molecule has 8 nitrogen and oxygen atoms in total. The quantitative estimate of drug-likeness (QED) is 0.206. The highest BCUT2D eigenvalue weighted by Crippen LogP contribution is 2.37. The number of fused-ring (bicyclic) bond motifs is 6. The van der Waals surface area contributed by atoms with E-state index >= 15 is 0 Å². The zero-order chi connectivity index (χ0) is 29.0. The minimum Gasteiger partial charge on any atom is -0.457 e. The molecule has 9 rings (SSSR count). The third kappa shape index (κ3) is 3.85. The third-order valence-corrected chi connectivity index (χ3v) is 7.78. The molecule has 4 aromatic carbocycles. The fourth-order valence-electron chi connectivity index (χ4n) is 5.80. The summed E-state index contributed by atoms with van der Waals surface area (Å²) < 4.78 is 16.6. The van der Waals surface area contributed by atoms with Crippen molar-refractivity contribution in [1.82, 2.24) is 29.1 Å². The number of hydrogen-bond donors (Lipinski definition) is 0. The molecule has 0 aliphatic heterocycles. The number of ether oxygens (including phenoxy) is 1. The van der Waals surface area contributed by atoms with Gasteiger partial charge in [0.25, 0.3) is 0 Å². The van der Waals surface area contributed by atoms with Crippen molar-refractivity contribution >= 4 is 38.7 Å². The van der Waals surface area contributed by atoms with Crippen LogP contribution in [0.25, 0.3) is 67.2 Å². The van der Waals surface area contributed by atoms with E-state index in [-0.39, 0.29) is 0 Å². The van der Waals surface area contributed by atoms with Crippen molar-refractivity contribution in [3.63, 3.8) is 0 Å². The molecule has 208 valence electrons.